The zero-order chi connectivity index (χ0) is 12.5. The maximum absolute atomic E-state index is 13.1. The number of aliphatic carboxylic acids is 1. The molecule has 1 rings (SSSR count). The van der Waals surface area contributed by atoms with Gasteiger partial charge in [0.05, 0.1) is 12.0 Å². The number of hydrogen-bond acceptors (Lipinski definition) is 1. The fourth-order valence-electron chi connectivity index (χ4n) is 1.22. The van der Waals surface area contributed by atoms with E-state index < -0.39 is 35.5 Å². The lowest BCUT2D eigenvalue weighted by atomic mass is 10.0. The number of halogens is 5. The van der Waals surface area contributed by atoms with Crippen molar-refractivity contribution < 1.29 is 27.5 Å². The number of hydrogen-bond donors (Lipinski definition) is 1. The lowest BCUT2D eigenvalue weighted by molar-refractivity contribution is -0.140. The van der Waals surface area contributed by atoms with E-state index in [0.29, 0.717) is 0 Å². The first-order valence-electron chi connectivity index (χ1n) is 3.99. The zero-order valence-electron chi connectivity index (χ0n) is 7.61. The van der Waals surface area contributed by atoms with Crippen LogP contribution in [0.5, 0.6) is 0 Å². The van der Waals surface area contributed by atoms with E-state index in [1.165, 1.54) is 0 Å². The van der Waals surface area contributed by atoms with Crippen LogP contribution in [-0.2, 0) is 17.4 Å². The van der Waals surface area contributed by atoms with Crippen molar-refractivity contribution in [1.29, 1.82) is 0 Å². The molecule has 0 unspecified atom stereocenters. The third-order valence-electron chi connectivity index (χ3n) is 1.82. The van der Waals surface area contributed by atoms with E-state index in [4.69, 9.17) is 5.11 Å². The summed E-state index contributed by atoms with van der Waals surface area (Å²) in [4.78, 5) is 10.4. The molecule has 0 aliphatic rings. The van der Waals surface area contributed by atoms with Gasteiger partial charge in [0.1, 0.15) is 5.82 Å². The monoisotopic (exact) mass is 300 g/mol. The molecule has 88 valence electrons. The third kappa shape index (κ3) is 2.72. The van der Waals surface area contributed by atoms with E-state index >= 15 is 0 Å². The van der Waals surface area contributed by atoms with Crippen LogP contribution in [0, 0.1) is 5.82 Å². The molecular formula is C9H5BrF4O2. The Morgan fingerprint density at radius 2 is 1.94 bits per heavy atom. The molecule has 1 aromatic rings. The first kappa shape index (κ1) is 13.0. The summed E-state index contributed by atoms with van der Waals surface area (Å²) in [5.74, 6) is -2.71. The Morgan fingerprint density at radius 3 is 2.38 bits per heavy atom. The molecule has 0 fully saturated rings. The molecule has 0 saturated heterocycles. The fourth-order valence-corrected chi connectivity index (χ4v) is 1.82. The minimum Gasteiger partial charge on any atom is -0.481 e. The van der Waals surface area contributed by atoms with Gasteiger partial charge in [0.15, 0.2) is 0 Å². The van der Waals surface area contributed by atoms with E-state index in [1.54, 1.807) is 0 Å². The van der Waals surface area contributed by atoms with E-state index in [9.17, 15) is 22.4 Å². The van der Waals surface area contributed by atoms with Crippen LogP contribution in [0.4, 0.5) is 17.6 Å². The van der Waals surface area contributed by atoms with Gasteiger partial charge >= 0.3 is 12.1 Å². The number of alkyl halides is 3. The molecule has 0 aromatic heterocycles. The van der Waals surface area contributed by atoms with Gasteiger partial charge in [-0.2, -0.15) is 13.2 Å². The smallest absolute Gasteiger partial charge is 0.417 e. The maximum Gasteiger partial charge on any atom is 0.417 e. The molecule has 0 bridgehead atoms. The molecule has 2 nitrogen and oxygen atoms in total. The summed E-state index contributed by atoms with van der Waals surface area (Å²) < 4.78 is 50.4. The van der Waals surface area contributed by atoms with Crippen molar-refractivity contribution in [3.8, 4) is 0 Å². The number of carboxylic acids is 1. The standard InChI is InChI=1S/C9H5BrF4O2/c10-5-1-2-6(11)4(3-7(15)16)8(5)9(12,13)14/h1-2H,3H2,(H,15,16). The first-order valence-corrected chi connectivity index (χ1v) is 4.78. The van der Waals surface area contributed by atoms with E-state index in [-0.39, 0.29) is 4.47 Å². The van der Waals surface area contributed by atoms with Crippen LogP contribution >= 0.6 is 15.9 Å². The first-order chi connectivity index (χ1) is 7.23. The summed E-state index contributed by atoms with van der Waals surface area (Å²) in [5.41, 5.74) is -2.15. The molecular weight excluding hydrogens is 296 g/mol. The van der Waals surface area contributed by atoms with Crippen molar-refractivity contribution in [3.05, 3.63) is 33.5 Å². The molecule has 1 N–H and O–H groups in total. The van der Waals surface area contributed by atoms with Crippen LogP contribution in [0.3, 0.4) is 0 Å². The molecule has 0 radical (unpaired) electrons. The van der Waals surface area contributed by atoms with E-state index in [1.807, 2.05) is 0 Å². The molecule has 0 aliphatic heterocycles. The Bertz CT molecular complexity index is 428. The van der Waals surface area contributed by atoms with Gasteiger partial charge in [-0.3, -0.25) is 4.79 Å². The zero-order valence-corrected chi connectivity index (χ0v) is 9.19. The normalized spacial score (nSPS) is 11.6. The number of rotatable bonds is 2. The van der Waals surface area contributed by atoms with Gasteiger partial charge in [-0.1, -0.05) is 15.9 Å². The molecule has 1 aromatic carbocycles. The molecule has 16 heavy (non-hydrogen) atoms. The van der Waals surface area contributed by atoms with Crippen molar-refractivity contribution in [1.82, 2.24) is 0 Å². The predicted molar refractivity (Wildman–Crippen MR) is 50.4 cm³/mol. The van der Waals surface area contributed by atoms with Crippen LogP contribution < -0.4 is 0 Å². The topological polar surface area (TPSA) is 37.3 Å². The average molecular weight is 301 g/mol. The van der Waals surface area contributed by atoms with Crippen molar-refractivity contribution in [3.63, 3.8) is 0 Å². The van der Waals surface area contributed by atoms with Crippen LogP contribution in [0.15, 0.2) is 16.6 Å². The fraction of sp³-hybridized carbons (Fsp3) is 0.222. The van der Waals surface area contributed by atoms with Gasteiger partial charge in [-0.05, 0) is 12.1 Å². The Labute approximate surface area is 96.0 Å². The lowest BCUT2D eigenvalue weighted by Crippen LogP contribution is -2.15. The number of carbonyl (C=O) groups is 1. The SMILES string of the molecule is O=C(O)Cc1c(F)ccc(Br)c1C(F)(F)F. The summed E-state index contributed by atoms with van der Waals surface area (Å²) in [6.07, 6.45) is -5.81. The Kier molecular flexibility index (Phi) is 3.57. The van der Waals surface area contributed by atoms with Gasteiger partial charge in [0.2, 0.25) is 0 Å². The van der Waals surface area contributed by atoms with E-state index in [2.05, 4.69) is 15.9 Å². The largest absolute Gasteiger partial charge is 0.481 e. The molecule has 0 amide bonds. The molecule has 0 spiro atoms. The van der Waals surface area contributed by atoms with Crippen molar-refractivity contribution in [2.45, 2.75) is 12.6 Å². The second kappa shape index (κ2) is 4.40. The number of benzene rings is 1. The molecule has 0 atom stereocenters. The quantitative estimate of drug-likeness (QED) is 0.852. The minimum atomic E-state index is -4.80. The Morgan fingerprint density at radius 1 is 1.38 bits per heavy atom. The van der Waals surface area contributed by atoms with Crippen LogP contribution in [0.2, 0.25) is 0 Å². The highest BCUT2D eigenvalue weighted by Gasteiger charge is 2.37. The predicted octanol–water partition coefficient (Wildman–Crippen LogP) is 3.23. The molecule has 0 saturated carbocycles. The van der Waals surface area contributed by atoms with Gasteiger partial charge in [0, 0.05) is 10.0 Å². The highest BCUT2D eigenvalue weighted by molar-refractivity contribution is 9.10. The second-order valence-electron chi connectivity index (χ2n) is 2.95. The average Bonchev–Trinajstić information content (AvgIpc) is 2.08. The molecule has 0 heterocycles. The van der Waals surface area contributed by atoms with Gasteiger partial charge < -0.3 is 5.11 Å². The second-order valence-corrected chi connectivity index (χ2v) is 3.81. The van der Waals surface area contributed by atoms with Crippen LogP contribution in [0.1, 0.15) is 11.1 Å². The minimum absolute atomic E-state index is 0.377. The summed E-state index contributed by atoms with van der Waals surface area (Å²) >= 11 is 2.63. The highest BCUT2D eigenvalue weighted by atomic mass is 79.9. The summed E-state index contributed by atoms with van der Waals surface area (Å²) in [6, 6.07) is 1.68. The van der Waals surface area contributed by atoms with Crippen molar-refractivity contribution in [2.24, 2.45) is 0 Å². The van der Waals surface area contributed by atoms with E-state index in [0.717, 1.165) is 12.1 Å². The van der Waals surface area contributed by atoms with Gasteiger partial charge in [-0.15, -0.1) is 0 Å². The van der Waals surface area contributed by atoms with Gasteiger partial charge in [-0.25, -0.2) is 4.39 Å². The van der Waals surface area contributed by atoms with Crippen LogP contribution in [-0.4, -0.2) is 11.1 Å². The van der Waals surface area contributed by atoms with Gasteiger partial charge in [0.25, 0.3) is 0 Å². The van der Waals surface area contributed by atoms with Crippen molar-refractivity contribution in [2.75, 3.05) is 0 Å². The Hall–Kier alpha value is -1.11. The molecule has 0 aliphatic carbocycles. The highest BCUT2D eigenvalue weighted by Crippen LogP contribution is 2.38. The lowest BCUT2D eigenvalue weighted by Gasteiger charge is -2.14. The molecule has 7 heteroatoms. The van der Waals surface area contributed by atoms with Crippen molar-refractivity contribution >= 4 is 21.9 Å². The summed E-state index contributed by atoms with van der Waals surface area (Å²) in [5, 5.41) is 8.42. The summed E-state index contributed by atoms with van der Waals surface area (Å²) in [7, 11) is 0. The summed E-state index contributed by atoms with van der Waals surface area (Å²) in [6.45, 7) is 0. The maximum atomic E-state index is 13.1. The third-order valence-corrected chi connectivity index (χ3v) is 2.48. The Balaban J connectivity index is 3.43. The number of carboxylic acid groups (broad SMARTS) is 1. The van der Waals surface area contributed by atoms with Crippen LogP contribution in [0.25, 0.3) is 0 Å².